The summed E-state index contributed by atoms with van der Waals surface area (Å²) in [6.45, 7) is 11.9. The van der Waals surface area contributed by atoms with Gasteiger partial charge in [0.1, 0.15) is 19.3 Å². The summed E-state index contributed by atoms with van der Waals surface area (Å²) < 4.78 is 68.8. The molecule has 0 aromatic heterocycles. The van der Waals surface area contributed by atoms with Crippen LogP contribution in [0.25, 0.3) is 0 Å². The Hall–Kier alpha value is -1.94. The lowest BCUT2D eigenvalue weighted by molar-refractivity contribution is -0.161. The van der Waals surface area contributed by atoms with Crippen molar-refractivity contribution >= 4 is 39.5 Å². The van der Waals surface area contributed by atoms with Crippen molar-refractivity contribution in [1.82, 2.24) is 0 Å². The van der Waals surface area contributed by atoms with E-state index in [0.717, 1.165) is 108 Å². The van der Waals surface area contributed by atoms with Crippen molar-refractivity contribution in [3.63, 3.8) is 0 Å². The molecule has 0 aromatic carbocycles. The minimum Gasteiger partial charge on any atom is -0.462 e. The molecule has 600 valence electrons. The number of phosphoric ester groups is 2. The molecular weight excluding hydrogens is 1320 g/mol. The number of aliphatic hydroxyl groups excluding tert-OH is 1. The zero-order chi connectivity index (χ0) is 74.4. The first kappa shape index (κ1) is 99.1. The molecule has 0 saturated carbocycles. The molecule has 19 heteroatoms. The Kier molecular flexibility index (Phi) is 70.9. The maximum atomic E-state index is 13.1. The number of hydrogen-bond donors (Lipinski definition) is 3. The predicted molar refractivity (Wildman–Crippen MR) is 414 cm³/mol. The Morgan fingerprint density at radius 2 is 0.455 bits per heavy atom. The van der Waals surface area contributed by atoms with Crippen LogP contribution in [0.15, 0.2) is 0 Å². The van der Waals surface area contributed by atoms with E-state index in [0.29, 0.717) is 31.6 Å². The van der Waals surface area contributed by atoms with E-state index in [1.807, 2.05) is 0 Å². The molecule has 0 rings (SSSR count). The summed E-state index contributed by atoms with van der Waals surface area (Å²) in [6.07, 6.45) is 61.1. The monoisotopic (exact) mass is 1480 g/mol. The number of aliphatic hydroxyl groups is 1. The Balaban J connectivity index is 5.24. The largest absolute Gasteiger partial charge is 0.472 e. The molecule has 0 aromatic rings. The van der Waals surface area contributed by atoms with Crippen LogP contribution in [0, 0.1) is 17.8 Å². The van der Waals surface area contributed by atoms with E-state index in [-0.39, 0.29) is 25.7 Å². The van der Waals surface area contributed by atoms with Gasteiger partial charge in [-0.05, 0) is 43.4 Å². The molecule has 0 heterocycles. The molecule has 3 N–H and O–H groups in total. The van der Waals surface area contributed by atoms with Crippen molar-refractivity contribution in [2.45, 2.75) is 446 Å². The van der Waals surface area contributed by atoms with Gasteiger partial charge >= 0.3 is 39.5 Å². The van der Waals surface area contributed by atoms with Gasteiger partial charge in [0.25, 0.3) is 0 Å². The molecule has 2 unspecified atom stereocenters. The Labute approximate surface area is 619 Å². The van der Waals surface area contributed by atoms with E-state index in [4.69, 9.17) is 37.0 Å². The fourth-order valence-electron chi connectivity index (χ4n) is 12.7. The Morgan fingerprint density at radius 3 is 0.673 bits per heavy atom. The van der Waals surface area contributed by atoms with Gasteiger partial charge in [-0.25, -0.2) is 9.13 Å². The van der Waals surface area contributed by atoms with Crippen molar-refractivity contribution < 1.29 is 80.2 Å². The Morgan fingerprint density at radius 1 is 0.267 bits per heavy atom. The molecule has 0 aliphatic carbocycles. The molecule has 0 aliphatic rings. The highest BCUT2D eigenvalue weighted by atomic mass is 31.2. The second-order valence-electron chi connectivity index (χ2n) is 30.9. The number of ether oxygens (including phenoxy) is 4. The SMILES string of the molecule is CCCCCCCCCCCCCCCCCCC(=O)O[C@H](COC(=O)CCCCCCCCCC(C)C)COP(=O)(O)OC[C@H](O)COP(=O)(O)OC[C@@H](COC(=O)CCCCCCCCCCCCCCCC(C)C)OC(=O)CCCCCCCCCCCCCCCCCCC(C)C. The first-order chi connectivity index (χ1) is 48.7. The predicted octanol–water partition coefficient (Wildman–Crippen LogP) is 24.5. The molecule has 17 nitrogen and oxygen atoms in total. The van der Waals surface area contributed by atoms with Gasteiger partial charge in [0.2, 0.25) is 0 Å². The van der Waals surface area contributed by atoms with Crippen LogP contribution in [0.4, 0.5) is 0 Å². The summed E-state index contributed by atoms with van der Waals surface area (Å²) in [7, 11) is -9.92. The normalized spacial score (nSPS) is 14.0. The molecule has 0 radical (unpaired) electrons. The minimum absolute atomic E-state index is 0.107. The first-order valence-corrected chi connectivity index (χ1v) is 45.3. The average Bonchev–Trinajstić information content (AvgIpc) is 0.953. The third-order valence-electron chi connectivity index (χ3n) is 19.1. The van der Waals surface area contributed by atoms with E-state index in [1.165, 1.54) is 231 Å². The van der Waals surface area contributed by atoms with E-state index in [9.17, 15) is 43.2 Å². The lowest BCUT2D eigenvalue weighted by Gasteiger charge is -2.21. The summed E-state index contributed by atoms with van der Waals surface area (Å²) >= 11 is 0. The van der Waals surface area contributed by atoms with Crippen molar-refractivity contribution in [1.29, 1.82) is 0 Å². The topological polar surface area (TPSA) is 237 Å². The molecule has 0 amide bonds. The number of rotatable bonds is 80. The smallest absolute Gasteiger partial charge is 0.462 e. The van der Waals surface area contributed by atoms with Crippen molar-refractivity contribution in [2.75, 3.05) is 39.6 Å². The molecule has 0 spiro atoms. The van der Waals surface area contributed by atoms with Crippen LogP contribution in [0.3, 0.4) is 0 Å². The van der Waals surface area contributed by atoms with E-state index in [2.05, 4.69) is 48.5 Å². The third-order valence-corrected chi connectivity index (χ3v) is 21.0. The van der Waals surface area contributed by atoms with Crippen LogP contribution in [0.5, 0.6) is 0 Å². The van der Waals surface area contributed by atoms with Crippen molar-refractivity contribution in [3.8, 4) is 0 Å². The summed E-state index contributed by atoms with van der Waals surface area (Å²) in [5, 5.41) is 10.6. The lowest BCUT2D eigenvalue weighted by Crippen LogP contribution is -2.30. The number of phosphoric acid groups is 2. The van der Waals surface area contributed by atoms with Crippen molar-refractivity contribution in [3.05, 3.63) is 0 Å². The van der Waals surface area contributed by atoms with E-state index >= 15 is 0 Å². The minimum atomic E-state index is -4.96. The molecule has 0 aliphatic heterocycles. The number of carbonyl (C=O) groups is 4. The maximum Gasteiger partial charge on any atom is 0.472 e. The van der Waals surface area contributed by atoms with Crippen LogP contribution in [-0.4, -0.2) is 96.7 Å². The average molecular weight is 1480 g/mol. The Bertz CT molecular complexity index is 1960. The van der Waals surface area contributed by atoms with Gasteiger partial charge in [0.05, 0.1) is 26.4 Å². The van der Waals surface area contributed by atoms with Gasteiger partial charge in [-0.3, -0.25) is 37.3 Å². The molecule has 5 atom stereocenters. The fourth-order valence-corrected chi connectivity index (χ4v) is 14.2. The number of unbranched alkanes of at least 4 members (excludes halogenated alkanes) is 48. The van der Waals surface area contributed by atoms with Crippen LogP contribution in [0.2, 0.25) is 0 Å². The fraction of sp³-hybridized carbons (Fsp3) is 0.951. The van der Waals surface area contributed by atoms with Gasteiger partial charge in [0.15, 0.2) is 12.2 Å². The summed E-state index contributed by atoms with van der Waals surface area (Å²) in [4.78, 5) is 73.1. The van der Waals surface area contributed by atoms with Gasteiger partial charge in [-0.15, -0.1) is 0 Å². The van der Waals surface area contributed by atoms with Crippen LogP contribution in [0.1, 0.15) is 427 Å². The zero-order valence-electron chi connectivity index (χ0n) is 66.4. The number of esters is 4. The summed E-state index contributed by atoms with van der Waals surface area (Å²) in [6, 6.07) is 0. The van der Waals surface area contributed by atoms with Gasteiger partial charge in [0, 0.05) is 25.7 Å². The first-order valence-electron chi connectivity index (χ1n) is 42.3. The van der Waals surface area contributed by atoms with Crippen LogP contribution >= 0.6 is 15.6 Å². The van der Waals surface area contributed by atoms with Gasteiger partial charge in [-0.2, -0.15) is 0 Å². The van der Waals surface area contributed by atoms with Gasteiger partial charge < -0.3 is 33.8 Å². The highest BCUT2D eigenvalue weighted by Crippen LogP contribution is 2.45. The molecule has 0 fully saturated rings. The molecule has 0 saturated heterocycles. The summed E-state index contributed by atoms with van der Waals surface area (Å²) in [5.74, 6) is 0.196. The standard InChI is InChI=1S/C82H160O17P2/c1-8-9-10-11-12-13-14-15-16-20-25-31-36-43-51-58-66-82(87)99-78(70-93-80(85)64-57-50-45-38-41-48-55-62-75(6)7)72-97-101(90,91)95-68-76(83)67-94-100(88,89)96-71-77(69-92-79(84)63-56-49-42-35-30-27-22-24-29-34-40-47-54-61-74(4)5)98-81(86)65-59-52-44-37-32-26-21-18-17-19-23-28-33-39-46-53-60-73(2)3/h73-78,83H,8-72H2,1-7H3,(H,88,89)(H,90,91)/t76-,77-,78-/m1/s1. The third kappa shape index (κ3) is 76.1. The van der Waals surface area contributed by atoms with E-state index < -0.39 is 97.5 Å². The quantitative estimate of drug-likeness (QED) is 0.0222. The molecular formula is C82H160O17P2. The molecule has 101 heavy (non-hydrogen) atoms. The van der Waals surface area contributed by atoms with E-state index in [1.54, 1.807) is 0 Å². The summed E-state index contributed by atoms with van der Waals surface area (Å²) in [5.41, 5.74) is 0. The maximum absolute atomic E-state index is 13.1. The highest BCUT2D eigenvalue weighted by molar-refractivity contribution is 7.47. The second-order valence-corrected chi connectivity index (χ2v) is 33.8. The van der Waals surface area contributed by atoms with Crippen molar-refractivity contribution in [2.24, 2.45) is 17.8 Å². The number of carbonyl (C=O) groups excluding carboxylic acids is 4. The second kappa shape index (κ2) is 72.3. The zero-order valence-corrected chi connectivity index (χ0v) is 68.2. The van der Waals surface area contributed by atoms with Crippen LogP contribution < -0.4 is 0 Å². The number of hydrogen-bond acceptors (Lipinski definition) is 15. The highest BCUT2D eigenvalue weighted by Gasteiger charge is 2.30. The lowest BCUT2D eigenvalue weighted by atomic mass is 10.0. The molecule has 0 bridgehead atoms. The van der Waals surface area contributed by atoms with Gasteiger partial charge in [-0.1, -0.05) is 376 Å². The van der Waals surface area contributed by atoms with Crippen LogP contribution in [-0.2, 0) is 65.4 Å².